The summed E-state index contributed by atoms with van der Waals surface area (Å²) in [5.74, 6) is -2.10. The molecule has 1 aromatic carbocycles. The monoisotopic (exact) mass is 377 g/mol. The van der Waals surface area contributed by atoms with Gasteiger partial charge in [0, 0.05) is 24.8 Å². The number of carboxylic acid groups (broad SMARTS) is 1. The van der Waals surface area contributed by atoms with Gasteiger partial charge in [0.2, 0.25) is 0 Å². The van der Waals surface area contributed by atoms with Crippen LogP contribution in [0.5, 0.6) is 0 Å². The molecule has 7 nitrogen and oxygen atoms in total. The number of rotatable bonds is 7. The zero-order chi connectivity index (χ0) is 20.2. The first-order valence-corrected chi connectivity index (χ1v) is 8.56. The highest BCUT2D eigenvalue weighted by atomic mass is 19.1. The van der Waals surface area contributed by atoms with E-state index in [-0.39, 0.29) is 24.5 Å². The van der Waals surface area contributed by atoms with E-state index in [0.717, 1.165) is 0 Å². The Balaban J connectivity index is 2.09. The van der Waals surface area contributed by atoms with Crippen LogP contribution in [0.4, 0.5) is 4.39 Å². The maximum atomic E-state index is 13.1. The lowest BCUT2D eigenvalue weighted by molar-refractivity contribution is -0.140. The molecule has 1 unspecified atom stereocenters. The molecule has 8 heteroatoms. The first-order chi connectivity index (χ1) is 12.6. The molecule has 0 aliphatic carbocycles. The molecule has 1 aromatic heterocycles. The van der Waals surface area contributed by atoms with Crippen molar-refractivity contribution < 1.29 is 23.8 Å². The summed E-state index contributed by atoms with van der Waals surface area (Å²) in [6, 6.07) is 4.57. The highest BCUT2D eigenvalue weighted by Crippen LogP contribution is 2.13. The summed E-state index contributed by atoms with van der Waals surface area (Å²) in [5, 5.41) is 16.0. The minimum absolute atomic E-state index is 0.113. The van der Waals surface area contributed by atoms with Crippen LogP contribution < -0.4 is 5.32 Å². The Hall–Kier alpha value is -2.74. The maximum absolute atomic E-state index is 13.1. The molecular formula is C19H24FN3O4. The smallest absolute Gasteiger partial charge is 0.326 e. The number of carboxylic acids is 1. The van der Waals surface area contributed by atoms with E-state index in [4.69, 9.17) is 4.74 Å². The fraction of sp³-hybridized carbons (Fsp3) is 0.421. The fourth-order valence-electron chi connectivity index (χ4n) is 2.38. The van der Waals surface area contributed by atoms with Gasteiger partial charge in [0.25, 0.3) is 5.91 Å². The van der Waals surface area contributed by atoms with Crippen LogP contribution in [0.1, 0.15) is 43.2 Å². The molecule has 0 aliphatic heterocycles. The minimum atomic E-state index is -1.14. The molecule has 1 heterocycles. The van der Waals surface area contributed by atoms with E-state index in [0.29, 0.717) is 11.3 Å². The van der Waals surface area contributed by atoms with Gasteiger partial charge in [0.15, 0.2) is 5.69 Å². The number of carbonyl (C=O) groups excluding carboxylic acids is 1. The Morgan fingerprint density at radius 1 is 1.30 bits per heavy atom. The lowest BCUT2D eigenvalue weighted by atomic mass is 10.1. The number of benzene rings is 1. The SMILES string of the molecule is Cc1cn(-c2ccc(F)cc2)nc1C(=O)NC(CCOC(C)(C)C)C(=O)O. The molecule has 2 aromatic rings. The molecule has 0 spiro atoms. The van der Waals surface area contributed by atoms with E-state index in [2.05, 4.69) is 10.4 Å². The van der Waals surface area contributed by atoms with Gasteiger partial charge >= 0.3 is 5.97 Å². The van der Waals surface area contributed by atoms with Gasteiger partial charge < -0.3 is 15.2 Å². The molecule has 1 atom stereocenters. The number of amides is 1. The van der Waals surface area contributed by atoms with Crippen molar-refractivity contribution in [3.8, 4) is 5.69 Å². The van der Waals surface area contributed by atoms with Crippen LogP contribution in [0.25, 0.3) is 5.69 Å². The quantitative estimate of drug-likeness (QED) is 0.774. The Bertz CT molecular complexity index is 809. The third-order valence-corrected chi connectivity index (χ3v) is 3.75. The van der Waals surface area contributed by atoms with Crippen LogP contribution in [0, 0.1) is 12.7 Å². The van der Waals surface area contributed by atoms with E-state index < -0.39 is 23.5 Å². The fourth-order valence-corrected chi connectivity index (χ4v) is 2.38. The molecule has 1 amide bonds. The van der Waals surface area contributed by atoms with Crippen LogP contribution >= 0.6 is 0 Å². The van der Waals surface area contributed by atoms with E-state index >= 15 is 0 Å². The van der Waals surface area contributed by atoms with Gasteiger partial charge in [-0.2, -0.15) is 5.10 Å². The average molecular weight is 377 g/mol. The highest BCUT2D eigenvalue weighted by molar-refractivity contribution is 5.96. The van der Waals surface area contributed by atoms with Crippen LogP contribution in [0.3, 0.4) is 0 Å². The molecule has 0 aliphatic rings. The molecule has 27 heavy (non-hydrogen) atoms. The van der Waals surface area contributed by atoms with Crippen molar-refractivity contribution in [3.05, 3.63) is 47.5 Å². The zero-order valence-electron chi connectivity index (χ0n) is 15.8. The van der Waals surface area contributed by atoms with Gasteiger partial charge in [-0.25, -0.2) is 13.9 Å². The van der Waals surface area contributed by atoms with Crippen LogP contribution in [0.15, 0.2) is 30.5 Å². The molecule has 146 valence electrons. The third-order valence-electron chi connectivity index (χ3n) is 3.75. The minimum Gasteiger partial charge on any atom is -0.480 e. The topological polar surface area (TPSA) is 93.5 Å². The largest absolute Gasteiger partial charge is 0.480 e. The first-order valence-electron chi connectivity index (χ1n) is 8.56. The van der Waals surface area contributed by atoms with E-state index in [1.54, 1.807) is 13.1 Å². The Morgan fingerprint density at radius 2 is 1.93 bits per heavy atom. The number of halogens is 1. The molecule has 0 bridgehead atoms. The number of hydrogen-bond donors (Lipinski definition) is 2. The number of carbonyl (C=O) groups is 2. The summed E-state index contributed by atoms with van der Waals surface area (Å²) >= 11 is 0. The third kappa shape index (κ3) is 5.89. The zero-order valence-corrected chi connectivity index (χ0v) is 15.8. The predicted molar refractivity (Wildman–Crippen MR) is 97.5 cm³/mol. The van der Waals surface area contributed by atoms with Gasteiger partial charge in [-0.15, -0.1) is 0 Å². The normalized spacial score (nSPS) is 12.6. The van der Waals surface area contributed by atoms with Gasteiger partial charge in [-0.1, -0.05) is 0 Å². The van der Waals surface area contributed by atoms with Crippen LogP contribution in [-0.4, -0.2) is 45.0 Å². The van der Waals surface area contributed by atoms with Crippen molar-refractivity contribution in [2.45, 2.75) is 45.8 Å². The molecule has 0 saturated heterocycles. The van der Waals surface area contributed by atoms with E-state index in [1.165, 1.54) is 28.9 Å². The summed E-state index contributed by atoms with van der Waals surface area (Å²) in [6.45, 7) is 7.50. The molecule has 0 radical (unpaired) electrons. The van der Waals surface area contributed by atoms with Crippen molar-refractivity contribution in [2.24, 2.45) is 0 Å². The maximum Gasteiger partial charge on any atom is 0.326 e. The standard InChI is InChI=1S/C19H24FN3O4/c1-12-11-23(14-7-5-13(20)6-8-14)22-16(12)17(24)21-15(18(25)26)9-10-27-19(2,3)4/h5-8,11,15H,9-10H2,1-4H3,(H,21,24)(H,25,26). The summed E-state index contributed by atoms with van der Waals surface area (Å²) < 4.78 is 20.0. The van der Waals surface area contributed by atoms with Crippen molar-refractivity contribution >= 4 is 11.9 Å². The summed E-state index contributed by atoms with van der Waals surface area (Å²) in [7, 11) is 0. The van der Waals surface area contributed by atoms with Crippen molar-refractivity contribution in [3.63, 3.8) is 0 Å². The highest BCUT2D eigenvalue weighted by Gasteiger charge is 2.24. The van der Waals surface area contributed by atoms with E-state index in [1.807, 2.05) is 20.8 Å². The number of hydrogen-bond acceptors (Lipinski definition) is 4. The second-order valence-corrected chi connectivity index (χ2v) is 7.20. The molecular weight excluding hydrogens is 353 g/mol. The number of aromatic nitrogens is 2. The van der Waals surface area contributed by atoms with Crippen LogP contribution in [-0.2, 0) is 9.53 Å². The Kier molecular flexibility index (Phi) is 6.32. The van der Waals surface area contributed by atoms with E-state index in [9.17, 15) is 19.1 Å². The van der Waals surface area contributed by atoms with Crippen molar-refractivity contribution in [1.29, 1.82) is 0 Å². The van der Waals surface area contributed by atoms with Crippen molar-refractivity contribution in [1.82, 2.24) is 15.1 Å². The first kappa shape index (κ1) is 20.6. The lowest BCUT2D eigenvalue weighted by Gasteiger charge is -2.21. The molecule has 2 N–H and O–H groups in total. The lowest BCUT2D eigenvalue weighted by Crippen LogP contribution is -2.42. The van der Waals surface area contributed by atoms with Gasteiger partial charge in [-0.3, -0.25) is 4.79 Å². The summed E-state index contributed by atoms with van der Waals surface area (Å²) in [5.41, 5.74) is 0.888. The van der Waals surface area contributed by atoms with Crippen molar-refractivity contribution in [2.75, 3.05) is 6.61 Å². The molecule has 0 fully saturated rings. The summed E-state index contributed by atoms with van der Waals surface area (Å²) in [4.78, 5) is 23.9. The Morgan fingerprint density at radius 3 is 2.48 bits per heavy atom. The number of aryl methyl sites for hydroxylation is 1. The molecule has 2 rings (SSSR count). The second kappa shape index (κ2) is 8.30. The van der Waals surface area contributed by atoms with Gasteiger partial charge in [0.05, 0.1) is 11.3 Å². The Labute approximate surface area is 157 Å². The number of nitrogens with one attached hydrogen (secondary N) is 1. The molecule has 0 saturated carbocycles. The van der Waals surface area contributed by atoms with Gasteiger partial charge in [0.1, 0.15) is 11.9 Å². The average Bonchev–Trinajstić information content (AvgIpc) is 2.95. The number of nitrogens with zero attached hydrogens (tertiary/aromatic N) is 2. The second-order valence-electron chi connectivity index (χ2n) is 7.20. The van der Waals surface area contributed by atoms with Gasteiger partial charge in [-0.05, 0) is 52.0 Å². The number of ether oxygens (including phenoxy) is 1. The summed E-state index contributed by atoms with van der Waals surface area (Å²) in [6.07, 6.45) is 1.76. The van der Waals surface area contributed by atoms with Crippen LogP contribution in [0.2, 0.25) is 0 Å². The predicted octanol–water partition coefficient (Wildman–Crippen LogP) is 2.71. The number of aliphatic carboxylic acids is 1.